The van der Waals surface area contributed by atoms with Gasteiger partial charge in [-0.25, -0.2) is 0 Å². The van der Waals surface area contributed by atoms with Gasteiger partial charge in [-0.1, -0.05) is 12.1 Å². The van der Waals surface area contributed by atoms with Crippen LogP contribution < -0.4 is 15.4 Å². The van der Waals surface area contributed by atoms with E-state index in [-0.39, 0.29) is 6.17 Å². The minimum Gasteiger partial charge on any atom is -0.495 e. The minimum atomic E-state index is 0.163. The molecule has 2 N–H and O–H groups in total. The molecule has 0 aromatic heterocycles. The molecule has 0 spiro atoms. The lowest BCUT2D eigenvalue weighted by Crippen LogP contribution is -2.49. The normalized spacial score (nSPS) is 27.5. The molecule has 2 atom stereocenters. The van der Waals surface area contributed by atoms with Crippen LogP contribution in [0.1, 0.15) is 24.8 Å². The summed E-state index contributed by atoms with van der Waals surface area (Å²) in [6.07, 6.45) is 4.88. The van der Waals surface area contributed by atoms with Crippen molar-refractivity contribution in [1.29, 1.82) is 0 Å². The molecule has 16 heavy (non-hydrogen) atoms. The van der Waals surface area contributed by atoms with Gasteiger partial charge in [0.25, 0.3) is 0 Å². The Labute approximate surface area is 96.2 Å². The molecule has 3 rings (SSSR count). The summed E-state index contributed by atoms with van der Waals surface area (Å²) in [6.45, 7) is 0. The molecule has 0 radical (unpaired) electrons. The predicted molar refractivity (Wildman–Crippen MR) is 64.8 cm³/mol. The molecule has 1 aromatic rings. The first-order chi connectivity index (χ1) is 7.81. The SMILES string of the molecule is COc1cccc2c1N1C(N)CCCC1C2. The van der Waals surface area contributed by atoms with Gasteiger partial charge in [0.2, 0.25) is 0 Å². The lowest BCUT2D eigenvalue weighted by molar-refractivity contribution is 0.386. The number of nitrogens with zero attached hydrogens (tertiary/aromatic N) is 1. The molecule has 0 amide bonds. The van der Waals surface area contributed by atoms with Gasteiger partial charge >= 0.3 is 0 Å². The summed E-state index contributed by atoms with van der Waals surface area (Å²) in [4.78, 5) is 2.37. The number of ether oxygens (including phenoxy) is 1. The molecule has 1 saturated heterocycles. The highest BCUT2D eigenvalue weighted by molar-refractivity contribution is 5.69. The average Bonchev–Trinajstić information content (AvgIpc) is 2.68. The second kappa shape index (κ2) is 3.67. The van der Waals surface area contributed by atoms with Crippen LogP contribution in [0.15, 0.2) is 18.2 Å². The van der Waals surface area contributed by atoms with Gasteiger partial charge in [-0.05, 0) is 37.3 Å². The third-order valence-electron chi connectivity index (χ3n) is 3.80. The maximum absolute atomic E-state index is 6.23. The highest BCUT2D eigenvalue weighted by atomic mass is 16.5. The fourth-order valence-corrected chi connectivity index (χ4v) is 3.10. The molecule has 3 nitrogen and oxygen atoms in total. The zero-order chi connectivity index (χ0) is 11.1. The topological polar surface area (TPSA) is 38.5 Å². The van der Waals surface area contributed by atoms with E-state index in [2.05, 4.69) is 17.0 Å². The zero-order valence-electron chi connectivity index (χ0n) is 9.65. The van der Waals surface area contributed by atoms with Crippen molar-refractivity contribution < 1.29 is 4.74 Å². The first-order valence-corrected chi connectivity index (χ1v) is 6.01. The van der Waals surface area contributed by atoms with Crippen LogP contribution in [0.4, 0.5) is 5.69 Å². The number of hydrogen-bond acceptors (Lipinski definition) is 3. The molecule has 1 aromatic carbocycles. The number of benzene rings is 1. The number of rotatable bonds is 1. The summed E-state index contributed by atoms with van der Waals surface area (Å²) < 4.78 is 5.46. The predicted octanol–water partition coefficient (Wildman–Crippen LogP) is 1.89. The quantitative estimate of drug-likeness (QED) is 0.782. The van der Waals surface area contributed by atoms with Crippen molar-refractivity contribution in [3.63, 3.8) is 0 Å². The van der Waals surface area contributed by atoms with Crippen LogP contribution in [0.2, 0.25) is 0 Å². The van der Waals surface area contributed by atoms with E-state index >= 15 is 0 Å². The van der Waals surface area contributed by atoms with Crippen molar-refractivity contribution in [2.75, 3.05) is 12.0 Å². The van der Waals surface area contributed by atoms with Gasteiger partial charge in [-0.15, -0.1) is 0 Å². The van der Waals surface area contributed by atoms with Gasteiger partial charge in [0.05, 0.1) is 19.0 Å². The highest BCUT2D eigenvalue weighted by Gasteiger charge is 2.37. The number of hydrogen-bond donors (Lipinski definition) is 1. The number of anilines is 1. The van der Waals surface area contributed by atoms with E-state index in [1.807, 2.05) is 6.07 Å². The minimum absolute atomic E-state index is 0.163. The Kier molecular flexibility index (Phi) is 2.28. The molecule has 3 heteroatoms. The Morgan fingerprint density at radius 1 is 1.38 bits per heavy atom. The Morgan fingerprint density at radius 3 is 3.06 bits per heavy atom. The summed E-state index contributed by atoms with van der Waals surface area (Å²) in [7, 11) is 1.73. The third-order valence-corrected chi connectivity index (χ3v) is 3.80. The summed E-state index contributed by atoms with van der Waals surface area (Å²) in [5, 5.41) is 0. The van der Waals surface area contributed by atoms with Crippen molar-refractivity contribution in [2.45, 2.75) is 37.9 Å². The molecular formula is C13H18N2O. The van der Waals surface area contributed by atoms with E-state index in [4.69, 9.17) is 10.5 Å². The fraction of sp³-hybridized carbons (Fsp3) is 0.538. The van der Waals surface area contributed by atoms with E-state index in [0.717, 1.165) is 18.6 Å². The summed E-state index contributed by atoms with van der Waals surface area (Å²) in [5.41, 5.74) is 8.86. The monoisotopic (exact) mass is 218 g/mol. The van der Waals surface area contributed by atoms with Gasteiger partial charge in [-0.2, -0.15) is 0 Å². The second-order valence-electron chi connectivity index (χ2n) is 4.73. The van der Waals surface area contributed by atoms with Crippen molar-refractivity contribution in [1.82, 2.24) is 0 Å². The maximum atomic E-state index is 6.23. The van der Waals surface area contributed by atoms with Gasteiger partial charge in [0.1, 0.15) is 5.75 Å². The first-order valence-electron chi connectivity index (χ1n) is 6.01. The van der Waals surface area contributed by atoms with Crippen LogP contribution in [0, 0.1) is 0 Å². The van der Waals surface area contributed by atoms with E-state index < -0.39 is 0 Å². The molecule has 2 aliphatic rings. The van der Waals surface area contributed by atoms with Crippen molar-refractivity contribution in [3.05, 3.63) is 23.8 Å². The molecular weight excluding hydrogens is 200 g/mol. The van der Waals surface area contributed by atoms with Crippen LogP contribution in [0.25, 0.3) is 0 Å². The van der Waals surface area contributed by atoms with Crippen LogP contribution >= 0.6 is 0 Å². The lowest BCUT2D eigenvalue weighted by atomic mass is 10.00. The van der Waals surface area contributed by atoms with Gasteiger partial charge in [0, 0.05) is 6.04 Å². The van der Waals surface area contributed by atoms with Crippen molar-refractivity contribution in [2.24, 2.45) is 5.73 Å². The number of methoxy groups -OCH3 is 1. The molecule has 0 aliphatic carbocycles. The smallest absolute Gasteiger partial charge is 0.142 e. The summed E-state index contributed by atoms with van der Waals surface area (Å²) in [6, 6.07) is 6.89. The molecule has 2 heterocycles. The Bertz CT molecular complexity index is 405. The first kappa shape index (κ1) is 9.97. The van der Waals surface area contributed by atoms with Crippen molar-refractivity contribution in [3.8, 4) is 5.75 Å². The molecule has 0 bridgehead atoms. The van der Waals surface area contributed by atoms with Crippen LogP contribution in [-0.2, 0) is 6.42 Å². The molecule has 86 valence electrons. The van der Waals surface area contributed by atoms with Crippen LogP contribution in [0.5, 0.6) is 5.75 Å². The molecule has 0 saturated carbocycles. The van der Waals surface area contributed by atoms with Gasteiger partial charge in [-0.3, -0.25) is 0 Å². The standard InChI is InChI=1S/C13H18N2O/c1-16-11-6-2-4-9-8-10-5-3-7-12(14)15(10)13(9)11/h2,4,6,10,12H,3,5,7-8,14H2,1H3. The fourth-order valence-electron chi connectivity index (χ4n) is 3.10. The average molecular weight is 218 g/mol. The van der Waals surface area contributed by atoms with Gasteiger partial charge < -0.3 is 15.4 Å². The number of nitrogens with two attached hydrogens (primary N) is 1. The Balaban J connectivity index is 2.07. The lowest BCUT2D eigenvalue weighted by Gasteiger charge is -2.38. The summed E-state index contributed by atoms with van der Waals surface area (Å²) >= 11 is 0. The largest absolute Gasteiger partial charge is 0.495 e. The maximum Gasteiger partial charge on any atom is 0.142 e. The molecule has 1 fully saturated rings. The number of piperidine rings is 1. The van der Waals surface area contributed by atoms with Gasteiger partial charge in [0.15, 0.2) is 0 Å². The Morgan fingerprint density at radius 2 is 2.25 bits per heavy atom. The molecule has 2 unspecified atom stereocenters. The van der Waals surface area contributed by atoms with Crippen LogP contribution in [-0.4, -0.2) is 19.3 Å². The van der Waals surface area contributed by atoms with Crippen LogP contribution in [0.3, 0.4) is 0 Å². The van der Waals surface area contributed by atoms with E-state index in [1.165, 1.54) is 24.1 Å². The van der Waals surface area contributed by atoms with E-state index in [9.17, 15) is 0 Å². The summed E-state index contributed by atoms with van der Waals surface area (Å²) in [5.74, 6) is 0.970. The number of fused-ring (bicyclic) bond motifs is 3. The van der Waals surface area contributed by atoms with Crippen molar-refractivity contribution >= 4 is 5.69 Å². The van der Waals surface area contributed by atoms with E-state index in [0.29, 0.717) is 6.04 Å². The zero-order valence-corrected chi connectivity index (χ0v) is 9.65. The van der Waals surface area contributed by atoms with E-state index in [1.54, 1.807) is 7.11 Å². The third kappa shape index (κ3) is 1.31. The molecule has 2 aliphatic heterocycles. The highest BCUT2D eigenvalue weighted by Crippen LogP contribution is 2.43. The Hall–Kier alpha value is -1.22. The second-order valence-corrected chi connectivity index (χ2v) is 4.73. The number of para-hydroxylation sites is 1.